The Balaban J connectivity index is 1.52. The van der Waals surface area contributed by atoms with Gasteiger partial charge in [0.1, 0.15) is 5.82 Å². The van der Waals surface area contributed by atoms with Crippen LogP contribution in [0.25, 0.3) is 11.4 Å². The van der Waals surface area contributed by atoms with E-state index in [1.807, 2.05) is 54.9 Å². The van der Waals surface area contributed by atoms with Gasteiger partial charge in [-0.25, -0.2) is 15.0 Å². The molecule has 2 aromatic heterocycles. The predicted octanol–water partition coefficient (Wildman–Crippen LogP) is 4.57. The van der Waals surface area contributed by atoms with Crippen LogP contribution in [0.15, 0.2) is 71.8 Å². The molecule has 2 N–H and O–H groups in total. The first-order valence-corrected chi connectivity index (χ1v) is 10.8. The van der Waals surface area contributed by atoms with Crippen molar-refractivity contribution in [3.8, 4) is 11.4 Å². The third-order valence-corrected chi connectivity index (χ3v) is 5.49. The van der Waals surface area contributed by atoms with Gasteiger partial charge in [0.05, 0.1) is 0 Å². The molecule has 162 valence electrons. The number of rotatable bonds is 7. The minimum Gasteiger partial charge on any atom is -0.311 e. The number of aryl methyl sites for hydroxylation is 2. The number of nitrogens with one attached hydrogen (secondary N) is 2. The Bertz CT molecular complexity index is 1250. The molecule has 0 aliphatic rings. The third-order valence-electron chi connectivity index (χ3n) is 5.24. The number of halogens is 1. The standard InChI is InChI=1S/C25H24ClN5O/c1-16-5-3-4-6-22(16)25-28-14-18(15-29-25)13-27-23(19-7-9-20(26)10-8-19)11-21-12-24(32)31-17(2)30-21/h3-10,12,14-15,23,27H,11,13H2,1-2H3,(H,30,31,32)/t23-/m0/s1. The summed E-state index contributed by atoms with van der Waals surface area (Å²) in [5.74, 6) is 1.31. The smallest absolute Gasteiger partial charge is 0.251 e. The van der Waals surface area contributed by atoms with Crippen molar-refractivity contribution < 1.29 is 0 Å². The maximum Gasteiger partial charge on any atom is 0.251 e. The molecule has 6 nitrogen and oxygen atoms in total. The van der Waals surface area contributed by atoms with E-state index in [4.69, 9.17) is 11.6 Å². The fourth-order valence-corrected chi connectivity index (χ4v) is 3.73. The molecule has 0 amide bonds. The first-order chi connectivity index (χ1) is 15.5. The summed E-state index contributed by atoms with van der Waals surface area (Å²) in [6, 6.07) is 17.2. The van der Waals surface area contributed by atoms with E-state index < -0.39 is 0 Å². The normalized spacial score (nSPS) is 12.0. The lowest BCUT2D eigenvalue weighted by Crippen LogP contribution is -2.24. The molecular weight excluding hydrogens is 422 g/mol. The van der Waals surface area contributed by atoms with Crippen LogP contribution in [0.1, 0.15) is 34.3 Å². The van der Waals surface area contributed by atoms with Crippen molar-refractivity contribution >= 4 is 11.6 Å². The second-order valence-electron chi connectivity index (χ2n) is 7.74. The van der Waals surface area contributed by atoms with Crippen LogP contribution >= 0.6 is 11.6 Å². The number of benzene rings is 2. The number of H-pyrrole nitrogens is 1. The molecule has 0 aliphatic carbocycles. The first-order valence-electron chi connectivity index (χ1n) is 10.4. The van der Waals surface area contributed by atoms with Gasteiger partial charge in [0.25, 0.3) is 5.56 Å². The van der Waals surface area contributed by atoms with Gasteiger partial charge in [0.15, 0.2) is 5.82 Å². The van der Waals surface area contributed by atoms with Crippen molar-refractivity contribution in [1.82, 2.24) is 25.3 Å². The van der Waals surface area contributed by atoms with E-state index in [1.54, 1.807) is 6.92 Å². The summed E-state index contributed by atoms with van der Waals surface area (Å²) in [5.41, 5.74) is 4.78. The zero-order chi connectivity index (χ0) is 22.5. The number of nitrogens with zero attached hydrogens (tertiary/aromatic N) is 3. The third kappa shape index (κ3) is 5.46. The first kappa shape index (κ1) is 21.9. The molecule has 0 unspecified atom stereocenters. The van der Waals surface area contributed by atoms with Gasteiger partial charge in [-0.2, -0.15) is 0 Å². The minimum absolute atomic E-state index is 0.0583. The van der Waals surface area contributed by atoms with Gasteiger partial charge >= 0.3 is 0 Å². The van der Waals surface area contributed by atoms with E-state index in [0.717, 1.165) is 27.9 Å². The van der Waals surface area contributed by atoms with Gasteiger partial charge in [-0.15, -0.1) is 0 Å². The summed E-state index contributed by atoms with van der Waals surface area (Å²) in [6.45, 7) is 4.40. The molecule has 7 heteroatoms. The predicted molar refractivity (Wildman–Crippen MR) is 127 cm³/mol. The molecular formula is C25H24ClN5O. The molecule has 2 aromatic carbocycles. The monoisotopic (exact) mass is 445 g/mol. The molecule has 4 aromatic rings. The SMILES string of the molecule is Cc1nc(C[C@H](NCc2cnc(-c3ccccc3C)nc2)c2ccc(Cl)cc2)cc(=O)[nH]1. The Hall–Kier alpha value is -3.35. The molecule has 0 radical (unpaired) electrons. The van der Waals surface area contributed by atoms with E-state index in [9.17, 15) is 4.79 Å². The fraction of sp³-hybridized carbons (Fsp3) is 0.200. The van der Waals surface area contributed by atoms with Crippen LogP contribution in [-0.4, -0.2) is 19.9 Å². The van der Waals surface area contributed by atoms with Crippen LogP contribution in [0.4, 0.5) is 0 Å². The molecule has 0 saturated carbocycles. The van der Waals surface area contributed by atoms with Crippen molar-refractivity contribution in [1.29, 1.82) is 0 Å². The van der Waals surface area contributed by atoms with E-state index in [2.05, 4.69) is 38.2 Å². The summed E-state index contributed by atoms with van der Waals surface area (Å²) in [6.07, 6.45) is 4.25. The molecule has 0 saturated heterocycles. The quantitative estimate of drug-likeness (QED) is 0.435. The molecule has 0 spiro atoms. The topological polar surface area (TPSA) is 83.6 Å². The van der Waals surface area contributed by atoms with Crippen molar-refractivity contribution in [2.45, 2.75) is 32.9 Å². The summed E-state index contributed by atoms with van der Waals surface area (Å²) >= 11 is 6.07. The van der Waals surface area contributed by atoms with Crippen molar-refractivity contribution in [2.24, 2.45) is 0 Å². The molecule has 4 rings (SSSR count). The highest BCUT2D eigenvalue weighted by atomic mass is 35.5. The highest BCUT2D eigenvalue weighted by molar-refractivity contribution is 6.30. The Morgan fingerprint density at radius 1 is 1.03 bits per heavy atom. The van der Waals surface area contributed by atoms with E-state index in [1.165, 1.54) is 6.07 Å². The molecule has 0 bridgehead atoms. The van der Waals surface area contributed by atoms with Crippen molar-refractivity contribution in [3.05, 3.63) is 111 Å². The maximum atomic E-state index is 11.9. The molecule has 0 aliphatic heterocycles. The van der Waals surface area contributed by atoms with Crippen LogP contribution in [0.2, 0.25) is 5.02 Å². The van der Waals surface area contributed by atoms with Gasteiger partial charge < -0.3 is 10.3 Å². The van der Waals surface area contributed by atoms with Crippen LogP contribution < -0.4 is 10.9 Å². The second-order valence-corrected chi connectivity index (χ2v) is 8.18. The van der Waals surface area contributed by atoms with Crippen LogP contribution in [0.5, 0.6) is 0 Å². The molecule has 0 fully saturated rings. The summed E-state index contributed by atoms with van der Waals surface area (Å²) in [4.78, 5) is 28.2. The molecule has 2 heterocycles. The van der Waals surface area contributed by atoms with Gasteiger partial charge in [-0.05, 0) is 37.1 Å². The molecule has 1 atom stereocenters. The minimum atomic E-state index is -0.150. The fourth-order valence-electron chi connectivity index (χ4n) is 3.61. The Labute approximate surface area is 191 Å². The average Bonchev–Trinajstić information content (AvgIpc) is 2.77. The second kappa shape index (κ2) is 9.85. The van der Waals surface area contributed by atoms with Crippen molar-refractivity contribution in [3.63, 3.8) is 0 Å². The van der Waals surface area contributed by atoms with Crippen LogP contribution in [0, 0.1) is 13.8 Å². The summed E-state index contributed by atoms with van der Waals surface area (Å²) < 4.78 is 0. The van der Waals surface area contributed by atoms with Gasteiger partial charge in [0, 0.05) is 59.3 Å². The lowest BCUT2D eigenvalue weighted by molar-refractivity contribution is 0.522. The van der Waals surface area contributed by atoms with Gasteiger partial charge in [-0.1, -0.05) is 48.0 Å². The largest absolute Gasteiger partial charge is 0.311 e. The zero-order valence-corrected chi connectivity index (χ0v) is 18.7. The summed E-state index contributed by atoms with van der Waals surface area (Å²) in [7, 11) is 0. The van der Waals surface area contributed by atoms with E-state index >= 15 is 0 Å². The Morgan fingerprint density at radius 3 is 2.44 bits per heavy atom. The number of aromatic amines is 1. The van der Waals surface area contributed by atoms with E-state index in [0.29, 0.717) is 29.6 Å². The molecule has 32 heavy (non-hydrogen) atoms. The van der Waals surface area contributed by atoms with Gasteiger partial charge in [-0.3, -0.25) is 4.79 Å². The van der Waals surface area contributed by atoms with Crippen LogP contribution in [0.3, 0.4) is 0 Å². The van der Waals surface area contributed by atoms with Gasteiger partial charge in [0.2, 0.25) is 0 Å². The van der Waals surface area contributed by atoms with Crippen LogP contribution in [-0.2, 0) is 13.0 Å². The zero-order valence-electron chi connectivity index (χ0n) is 18.0. The van der Waals surface area contributed by atoms with Crippen molar-refractivity contribution in [2.75, 3.05) is 0 Å². The Morgan fingerprint density at radius 2 is 1.75 bits per heavy atom. The number of aromatic nitrogens is 4. The lowest BCUT2D eigenvalue weighted by Gasteiger charge is -2.19. The van der Waals surface area contributed by atoms with E-state index in [-0.39, 0.29) is 11.6 Å². The Kier molecular flexibility index (Phi) is 6.73. The highest BCUT2D eigenvalue weighted by Crippen LogP contribution is 2.21. The number of hydrogen-bond acceptors (Lipinski definition) is 5. The summed E-state index contributed by atoms with van der Waals surface area (Å²) in [5, 5.41) is 4.23. The maximum absolute atomic E-state index is 11.9. The lowest BCUT2D eigenvalue weighted by atomic mass is 10.0. The number of hydrogen-bond donors (Lipinski definition) is 2. The highest BCUT2D eigenvalue weighted by Gasteiger charge is 2.14. The average molecular weight is 446 g/mol.